The van der Waals surface area contributed by atoms with Gasteiger partial charge in [0.1, 0.15) is 0 Å². The first-order valence-electron chi connectivity index (χ1n) is 10.3. The van der Waals surface area contributed by atoms with E-state index in [0.29, 0.717) is 23.0 Å². The van der Waals surface area contributed by atoms with Crippen molar-refractivity contribution in [2.45, 2.75) is 18.9 Å². The number of rotatable bonds is 7. The average Bonchev–Trinajstić information content (AvgIpc) is 3.64. The molecule has 3 aromatic rings. The topological polar surface area (TPSA) is 58.7 Å². The van der Waals surface area contributed by atoms with Crippen molar-refractivity contribution in [2.24, 2.45) is 16.6 Å². The van der Waals surface area contributed by atoms with Crippen LogP contribution in [0.25, 0.3) is 17.2 Å². The smallest absolute Gasteiger partial charge is 0.221 e. The van der Waals surface area contributed by atoms with E-state index >= 15 is 0 Å². The van der Waals surface area contributed by atoms with E-state index in [0.717, 1.165) is 35.1 Å². The minimum atomic E-state index is -0.103. The zero-order chi connectivity index (χ0) is 21.8. The fourth-order valence-corrected chi connectivity index (χ4v) is 3.85. The standard InChI is InChI=1S/C26H24ClN3O/c1-2-18-9-13-24(14-10-18)30(17-31)26(28)29-25(19-11-12-19)22-7-3-5-20(15-22)21-6-4-8-23(27)16-21/h2-10,13-17,19,25H,1,11-12H2,(H2,28,29). The second-order valence-corrected chi connectivity index (χ2v) is 8.11. The van der Waals surface area contributed by atoms with Gasteiger partial charge in [-0.2, -0.15) is 0 Å². The maximum atomic E-state index is 11.8. The number of hydrogen-bond donors (Lipinski definition) is 1. The van der Waals surface area contributed by atoms with Crippen molar-refractivity contribution in [3.05, 3.63) is 95.5 Å². The Bertz CT molecular complexity index is 1120. The van der Waals surface area contributed by atoms with Gasteiger partial charge in [-0.15, -0.1) is 0 Å². The molecule has 5 heteroatoms. The van der Waals surface area contributed by atoms with Crippen LogP contribution in [-0.4, -0.2) is 12.4 Å². The fourth-order valence-electron chi connectivity index (χ4n) is 3.66. The highest BCUT2D eigenvalue weighted by Gasteiger charge is 2.33. The Morgan fingerprint density at radius 2 is 1.74 bits per heavy atom. The summed E-state index contributed by atoms with van der Waals surface area (Å²) in [5.74, 6) is 0.608. The summed E-state index contributed by atoms with van der Waals surface area (Å²) in [5.41, 5.74) is 11.2. The van der Waals surface area contributed by atoms with Crippen molar-refractivity contribution in [2.75, 3.05) is 4.90 Å². The summed E-state index contributed by atoms with van der Waals surface area (Å²) in [5, 5.41) is 0.702. The lowest BCUT2D eigenvalue weighted by Crippen LogP contribution is -2.37. The predicted molar refractivity (Wildman–Crippen MR) is 129 cm³/mol. The third-order valence-electron chi connectivity index (χ3n) is 5.49. The second kappa shape index (κ2) is 9.19. The molecule has 4 nitrogen and oxygen atoms in total. The highest BCUT2D eigenvalue weighted by Crippen LogP contribution is 2.44. The van der Waals surface area contributed by atoms with Crippen LogP contribution >= 0.6 is 11.6 Å². The Morgan fingerprint density at radius 1 is 1.06 bits per heavy atom. The average molecular weight is 430 g/mol. The molecule has 1 amide bonds. The number of amides is 1. The van der Waals surface area contributed by atoms with Crippen molar-refractivity contribution < 1.29 is 4.79 Å². The molecule has 1 aliphatic rings. The van der Waals surface area contributed by atoms with Gasteiger partial charge in [-0.1, -0.05) is 66.7 Å². The van der Waals surface area contributed by atoms with Gasteiger partial charge in [0.2, 0.25) is 12.4 Å². The summed E-state index contributed by atoms with van der Waals surface area (Å²) in [6, 6.07) is 23.4. The molecule has 1 saturated carbocycles. The number of nitrogens with zero attached hydrogens (tertiary/aromatic N) is 2. The van der Waals surface area contributed by atoms with E-state index in [-0.39, 0.29) is 12.0 Å². The maximum absolute atomic E-state index is 11.8. The molecule has 1 aliphatic carbocycles. The molecule has 0 aliphatic heterocycles. The number of guanidine groups is 1. The van der Waals surface area contributed by atoms with Crippen LogP contribution in [0.3, 0.4) is 0 Å². The normalized spacial score (nSPS) is 14.7. The van der Waals surface area contributed by atoms with E-state index < -0.39 is 0 Å². The molecule has 0 radical (unpaired) electrons. The molecule has 3 aromatic carbocycles. The van der Waals surface area contributed by atoms with Gasteiger partial charge in [0.05, 0.1) is 11.7 Å². The van der Waals surface area contributed by atoms with E-state index in [1.54, 1.807) is 6.08 Å². The SMILES string of the molecule is C=Cc1ccc(N(C=O)C(N)=NC(c2cccc(-c3cccc(Cl)c3)c2)C2CC2)cc1. The molecule has 156 valence electrons. The number of halogens is 1. The van der Waals surface area contributed by atoms with Crippen molar-refractivity contribution in [1.82, 2.24) is 0 Å². The molecular formula is C26H24ClN3O. The van der Waals surface area contributed by atoms with Crippen LogP contribution in [0.2, 0.25) is 5.02 Å². The lowest BCUT2D eigenvalue weighted by molar-refractivity contribution is -0.106. The number of nitrogens with two attached hydrogens (primary N) is 1. The summed E-state index contributed by atoms with van der Waals surface area (Å²) in [4.78, 5) is 18.0. The predicted octanol–water partition coefficient (Wildman–Crippen LogP) is 6.08. The Balaban J connectivity index is 1.65. The maximum Gasteiger partial charge on any atom is 0.221 e. The van der Waals surface area contributed by atoms with Crippen molar-refractivity contribution >= 4 is 35.7 Å². The first-order valence-corrected chi connectivity index (χ1v) is 10.6. The minimum Gasteiger partial charge on any atom is -0.369 e. The van der Waals surface area contributed by atoms with Gasteiger partial charge < -0.3 is 5.73 Å². The third-order valence-corrected chi connectivity index (χ3v) is 5.72. The number of benzene rings is 3. The number of carbonyl (C=O) groups excluding carboxylic acids is 1. The minimum absolute atomic E-state index is 0.103. The van der Waals surface area contributed by atoms with Crippen LogP contribution in [0, 0.1) is 5.92 Å². The number of carbonyl (C=O) groups is 1. The van der Waals surface area contributed by atoms with Gasteiger partial charge in [-0.3, -0.25) is 9.69 Å². The van der Waals surface area contributed by atoms with Crippen LogP contribution in [0.1, 0.15) is 30.0 Å². The molecule has 0 aromatic heterocycles. The van der Waals surface area contributed by atoms with Crippen molar-refractivity contribution in [3.8, 4) is 11.1 Å². The Morgan fingerprint density at radius 3 is 2.35 bits per heavy atom. The zero-order valence-corrected chi connectivity index (χ0v) is 17.9. The first-order chi connectivity index (χ1) is 15.1. The van der Waals surface area contributed by atoms with Gasteiger partial charge in [-0.05, 0) is 71.3 Å². The highest BCUT2D eigenvalue weighted by atomic mass is 35.5. The van der Waals surface area contributed by atoms with Gasteiger partial charge >= 0.3 is 0 Å². The molecule has 0 saturated heterocycles. The van der Waals surface area contributed by atoms with E-state index in [2.05, 4.69) is 24.8 Å². The molecule has 1 fully saturated rings. The van der Waals surface area contributed by atoms with Crippen LogP contribution in [0.4, 0.5) is 5.69 Å². The van der Waals surface area contributed by atoms with Gasteiger partial charge in [0.25, 0.3) is 0 Å². The first kappa shape index (κ1) is 20.9. The van der Waals surface area contributed by atoms with E-state index in [1.807, 2.05) is 54.6 Å². The zero-order valence-electron chi connectivity index (χ0n) is 17.1. The van der Waals surface area contributed by atoms with E-state index in [4.69, 9.17) is 22.3 Å². The van der Waals surface area contributed by atoms with Crippen molar-refractivity contribution in [1.29, 1.82) is 0 Å². The molecular weight excluding hydrogens is 406 g/mol. The monoisotopic (exact) mass is 429 g/mol. The third kappa shape index (κ3) is 4.86. The Labute approximate surface area is 187 Å². The molecule has 0 spiro atoms. The fraction of sp³-hybridized carbons (Fsp3) is 0.154. The Kier molecular flexibility index (Phi) is 6.19. The lowest BCUT2D eigenvalue weighted by Gasteiger charge is -2.20. The molecule has 0 heterocycles. The van der Waals surface area contributed by atoms with Gasteiger partial charge in [0, 0.05) is 5.02 Å². The summed E-state index contributed by atoms with van der Waals surface area (Å²) < 4.78 is 0. The molecule has 4 rings (SSSR count). The number of aliphatic imine (C=N–C) groups is 1. The van der Waals surface area contributed by atoms with E-state index in [1.165, 1.54) is 4.90 Å². The second-order valence-electron chi connectivity index (χ2n) is 7.68. The molecule has 31 heavy (non-hydrogen) atoms. The summed E-state index contributed by atoms with van der Waals surface area (Å²) in [7, 11) is 0. The van der Waals surface area contributed by atoms with Gasteiger partial charge in [0.15, 0.2) is 0 Å². The Hall–Kier alpha value is -3.37. The molecule has 1 unspecified atom stereocenters. The van der Waals surface area contributed by atoms with Crippen LogP contribution in [0.5, 0.6) is 0 Å². The van der Waals surface area contributed by atoms with E-state index in [9.17, 15) is 4.79 Å². The summed E-state index contributed by atoms with van der Waals surface area (Å²) in [6.07, 6.45) is 4.65. The molecule has 2 N–H and O–H groups in total. The lowest BCUT2D eigenvalue weighted by atomic mass is 9.97. The van der Waals surface area contributed by atoms with Gasteiger partial charge in [-0.25, -0.2) is 4.99 Å². The largest absolute Gasteiger partial charge is 0.369 e. The van der Waals surface area contributed by atoms with Crippen LogP contribution in [-0.2, 0) is 4.79 Å². The quantitative estimate of drug-likeness (QED) is 0.281. The molecule has 1 atom stereocenters. The van der Waals surface area contributed by atoms with Crippen LogP contribution in [0.15, 0.2) is 84.4 Å². The summed E-state index contributed by atoms with van der Waals surface area (Å²) in [6.45, 7) is 3.75. The molecule has 0 bridgehead atoms. The highest BCUT2D eigenvalue weighted by molar-refractivity contribution is 6.30. The van der Waals surface area contributed by atoms with Crippen LogP contribution < -0.4 is 10.6 Å². The summed E-state index contributed by atoms with van der Waals surface area (Å²) >= 11 is 6.17. The van der Waals surface area contributed by atoms with Crippen molar-refractivity contribution in [3.63, 3.8) is 0 Å². The number of anilines is 1. The number of hydrogen-bond acceptors (Lipinski definition) is 2.